The summed E-state index contributed by atoms with van der Waals surface area (Å²) >= 11 is 0. The average molecular weight is 269 g/mol. The molecule has 1 N–H and O–H groups in total. The predicted molar refractivity (Wildman–Crippen MR) is 80.3 cm³/mol. The summed E-state index contributed by atoms with van der Waals surface area (Å²) in [6.45, 7) is 8.21. The Morgan fingerprint density at radius 2 is 2.45 bits per heavy atom. The summed E-state index contributed by atoms with van der Waals surface area (Å²) in [5.74, 6) is 0.00379. The van der Waals surface area contributed by atoms with Crippen molar-refractivity contribution in [2.75, 3.05) is 13.6 Å². The van der Waals surface area contributed by atoms with Gasteiger partial charge in [-0.1, -0.05) is 31.4 Å². The molecule has 0 fully saturated rings. The molecule has 4 heteroatoms. The molecule has 1 aliphatic heterocycles. The van der Waals surface area contributed by atoms with E-state index >= 15 is 0 Å². The lowest BCUT2D eigenvalue weighted by Crippen LogP contribution is -2.51. The number of aromatic nitrogens is 1. The quantitative estimate of drug-likeness (QED) is 0.831. The summed E-state index contributed by atoms with van der Waals surface area (Å²) in [5.41, 5.74) is 2.68. The molecule has 104 valence electrons. The summed E-state index contributed by atoms with van der Waals surface area (Å²) in [6, 6.07) is 1.90. The van der Waals surface area contributed by atoms with Gasteiger partial charge >= 0.3 is 0 Å². The number of nitrogens with zero attached hydrogens (tertiary/aromatic N) is 2. The number of hydrogen-bond acceptors (Lipinski definition) is 3. The van der Waals surface area contributed by atoms with E-state index in [1.54, 1.807) is 30.4 Å². The van der Waals surface area contributed by atoms with Crippen molar-refractivity contribution in [2.24, 2.45) is 0 Å². The van der Waals surface area contributed by atoms with Gasteiger partial charge in [0.25, 0.3) is 5.91 Å². The van der Waals surface area contributed by atoms with Crippen LogP contribution in [0.4, 0.5) is 0 Å². The van der Waals surface area contributed by atoms with Gasteiger partial charge in [0.1, 0.15) is 0 Å². The third kappa shape index (κ3) is 3.03. The van der Waals surface area contributed by atoms with Crippen LogP contribution in [0.25, 0.3) is 0 Å². The Balaban J connectivity index is 2.04. The topological polar surface area (TPSA) is 45.2 Å². The van der Waals surface area contributed by atoms with Crippen LogP contribution >= 0.6 is 0 Å². The summed E-state index contributed by atoms with van der Waals surface area (Å²) in [6.07, 6.45) is 9.58. The number of nitrogens with one attached hydrogen (secondary N) is 1. The number of hydrogen-bond donors (Lipinski definition) is 1. The number of allylic oxidation sites excluding steroid dienone is 2. The third-order valence-corrected chi connectivity index (χ3v) is 3.38. The van der Waals surface area contributed by atoms with Gasteiger partial charge in [-0.3, -0.25) is 15.1 Å². The highest BCUT2D eigenvalue weighted by Crippen LogP contribution is 2.19. The van der Waals surface area contributed by atoms with Crippen LogP contribution in [-0.4, -0.2) is 35.5 Å². The first kappa shape index (κ1) is 14.2. The first-order valence-corrected chi connectivity index (χ1v) is 6.53. The molecular formula is C16H19N3O. The molecule has 0 aromatic carbocycles. The lowest BCUT2D eigenvalue weighted by Gasteiger charge is -2.34. The molecule has 2 rings (SSSR count). The van der Waals surface area contributed by atoms with Crippen LogP contribution in [0.1, 0.15) is 15.9 Å². The van der Waals surface area contributed by atoms with E-state index in [0.29, 0.717) is 12.1 Å². The summed E-state index contributed by atoms with van der Waals surface area (Å²) in [5, 5.41) is 3.35. The molecule has 0 saturated carbocycles. The van der Waals surface area contributed by atoms with E-state index in [1.807, 2.05) is 18.2 Å². The van der Waals surface area contributed by atoms with Crippen LogP contribution in [0.5, 0.6) is 0 Å². The number of rotatable bonds is 5. The minimum Gasteiger partial charge on any atom is -0.326 e. The molecule has 1 aromatic rings. The second-order valence-corrected chi connectivity index (χ2v) is 4.80. The number of amides is 1. The largest absolute Gasteiger partial charge is 0.326 e. The molecular weight excluding hydrogens is 250 g/mol. The van der Waals surface area contributed by atoms with Gasteiger partial charge in [-0.05, 0) is 17.2 Å². The van der Waals surface area contributed by atoms with Crippen LogP contribution in [0, 0.1) is 0 Å². The van der Waals surface area contributed by atoms with Crippen molar-refractivity contribution >= 4 is 5.91 Å². The van der Waals surface area contributed by atoms with Gasteiger partial charge in [0.15, 0.2) is 0 Å². The van der Waals surface area contributed by atoms with E-state index in [9.17, 15) is 4.79 Å². The maximum Gasteiger partial charge on any atom is 0.256 e. The molecule has 0 radical (unpaired) electrons. The van der Waals surface area contributed by atoms with E-state index in [-0.39, 0.29) is 12.1 Å². The maximum atomic E-state index is 12.2. The van der Waals surface area contributed by atoms with Crippen LogP contribution < -0.4 is 5.32 Å². The van der Waals surface area contributed by atoms with Crippen molar-refractivity contribution < 1.29 is 4.79 Å². The second kappa shape index (κ2) is 6.30. The van der Waals surface area contributed by atoms with E-state index in [1.165, 1.54) is 0 Å². The van der Waals surface area contributed by atoms with Gasteiger partial charge in [-0.15, -0.1) is 0 Å². The van der Waals surface area contributed by atoms with E-state index in [2.05, 4.69) is 23.5 Å². The molecule has 0 bridgehead atoms. The molecule has 1 amide bonds. The Morgan fingerprint density at radius 3 is 3.20 bits per heavy atom. The van der Waals surface area contributed by atoms with Crippen LogP contribution in [0.2, 0.25) is 0 Å². The van der Waals surface area contributed by atoms with Gasteiger partial charge < -0.3 is 4.90 Å². The molecule has 2 heterocycles. The highest BCUT2D eigenvalue weighted by molar-refractivity contribution is 5.96. The molecule has 1 aliphatic rings. The molecule has 1 unspecified atom stereocenters. The van der Waals surface area contributed by atoms with Crippen molar-refractivity contribution in [1.82, 2.24) is 15.2 Å². The predicted octanol–water partition coefficient (Wildman–Crippen LogP) is 1.92. The zero-order valence-electron chi connectivity index (χ0n) is 11.7. The minimum absolute atomic E-state index is 0.00379. The van der Waals surface area contributed by atoms with E-state index < -0.39 is 0 Å². The van der Waals surface area contributed by atoms with Gasteiger partial charge in [0, 0.05) is 32.4 Å². The first-order chi connectivity index (χ1) is 9.63. The summed E-state index contributed by atoms with van der Waals surface area (Å²) < 4.78 is 0. The fraction of sp³-hybridized carbons (Fsp3) is 0.250. The Labute approximate surface area is 119 Å². The molecule has 20 heavy (non-hydrogen) atoms. The number of fused-ring (bicyclic) bond motifs is 1. The SMILES string of the molecule is C=C/C=C\C(=C)CNC1Cc2ccncc2C(=O)N1C. The smallest absolute Gasteiger partial charge is 0.256 e. The van der Waals surface area contributed by atoms with Crippen molar-refractivity contribution in [3.05, 3.63) is 66.5 Å². The highest BCUT2D eigenvalue weighted by atomic mass is 16.2. The summed E-state index contributed by atoms with van der Waals surface area (Å²) in [4.78, 5) is 18.0. The van der Waals surface area contributed by atoms with Crippen LogP contribution in [-0.2, 0) is 6.42 Å². The second-order valence-electron chi connectivity index (χ2n) is 4.80. The van der Waals surface area contributed by atoms with Crippen molar-refractivity contribution in [3.63, 3.8) is 0 Å². The van der Waals surface area contributed by atoms with E-state index in [4.69, 9.17) is 0 Å². The maximum absolute atomic E-state index is 12.2. The summed E-state index contributed by atoms with van der Waals surface area (Å²) in [7, 11) is 1.80. The van der Waals surface area contributed by atoms with Crippen LogP contribution in [0.3, 0.4) is 0 Å². The lowest BCUT2D eigenvalue weighted by molar-refractivity contribution is 0.0676. The third-order valence-electron chi connectivity index (χ3n) is 3.38. The highest BCUT2D eigenvalue weighted by Gasteiger charge is 2.29. The number of likely N-dealkylation sites (N-methyl/N-ethyl adjacent to an activating group) is 1. The minimum atomic E-state index is -0.0220. The molecule has 0 spiro atoms. The lowest BCUT2D eigenvalue weighted by atomic mass is 9.99. The first-order valence-electron chi connectivity index (χ1n) is 6.53. The van der Waals surface area contributed by atoms with Crippen LogP contribution in [0.15, 0.2) is 55.4 Å². The Hall–Kier alpha value is -2.20. The van der Waals surface area contributed by atoms with Gasteiger partial charge in [-0.2, -0.15) is 0 Å². The number of carbonyl (C=O) groups excluding carboxylic acids is 1. The molecule has 0 aliphatic carbocycles. The monoisotopic (exact) mass is 269 g/mol. The molecule has 0 saturated heterocycles. The fourth-order valence-electron chi connectivity index (χ4n) is 2.19. The standard InChI is InChI=1S/C16H19N3O/c1-4-5-6-12(2)10-18-15-9-13-7-8-17-11-14(13)16(20)19(15)3/h4-8,11,15,18H,1-2,9-10H2,3H3/b6-5-. The number of carbonyl (C=O) groups is 1. The Bertz CT molecular complexity index is 563. The van der Waals surface area contributed by atoms with Gasteiger partial charge in [0.05, 0.1) is 11.7 Å². The molecule has 1 aromatic heterocycles. The number of pyridine rings is 1. The van der Waals surface area contributed by atoms with E-state index in [0.717, 1.165) is 17.6 Å². The Morgan fingerprint density at radius 1 is 1.65 bits per heavy atom. The zero-order valence-corrected chi connectivity index (χ0v) is 11.7. The molecule has 4 nitrogen and oxygen atoms in total. The van der Waals surface area contributed by atoms with Crippen molar-refractivity contribution in [1.29, 1.82) is 0 Å². The normalized spacial score (nSPS) is 18.1. The average Bonchev–Trinajstić information content (AvgIpc) is 2.47. The van der Waals surface area contributed by atoms with Crippen molar-refractivity contribution in [2.45, 2.75) is 12.6 Å². The van der Waals surface area contributed by atoms with Crippen molar-refractivity contribution in [3.8, 4) is 0 Å². The molecule has 1 atom stereocenters. The van der Waals surface area contributed by atoms with Gasteiger partial charge in [0.2, 0.25) is 0 Å². The zero-order chi connectivity index (χ0) is 14.5. The Kier molecular flexibility index (Phi) is 4.48. The fourth-order valence-corrected chi connectivity index (χ4v) is 2.19. The van der Waals surface area contributed by atoms with Gasteiger partial charge in [-0.25, -0.2) is 0 Å².